The molecular formula is C17H22N4O2. The van der Waals surface area contributed by atoms with E-state index in [1.165, 1.54) is 10.6 Å². The summed E-state index contributed by atoms with van der Waals surface area (Å²) in [4.78, 5) is 31.6. The predicted octanol–water partition coefficient (Wildman–Crippen LogP) is 1.34. The summed E-state index contributed by atoms with van der Waals surface area (Å²) in [6.45, 7) is 4.45. The number of amides is 1. The molecule has 2 aromatic rings. The Balaban J connectivity index is 2.03. The molecule has 1 amide bonds. The molecule has 122 valence electrons. The first-order valence-corrected chi connectivity index (χ1v) is 8.03. The summed E-state index contributed by atoms with van der Waals surface area (Å²) >= 11 is 0. The van der Waals surface area contributed by atoms with E-state index in [0.717, 1.165) is 24.8 Å². The van der Waals surface area contributed by atoms with Crippen molar-refractivity contribution >= 4 is 11.6 Å². The van der Waals surface area contributed by atoms with Crippen molar-refractivity contribution in [2.75, 3.05) is 6.54 Å². The molecule has 2 unspecified atom stereocenters. The van der Waals surface area contributed by atoms with Crippen LogP contribution in [0.4, 0.5) is 0 Å². The molecule has 1 saturated heterocycles. The zero-order chi connectivity index (χ0) is 16.6. The number of aryl methyl sites for hydroxylation is 1. The molecule has 0 spiro atoms. The van der Waals surface area contributed by atoms with Gasteiger partial charge in [-0.25, -0.2) is 4.98 Å². The zero-order valence-electron chi connectivity index (χ0n) is 13.5. The molecule has 0 saturated carbocycles. The van der Waals surface area contributed by atoms with E-state index in [4.69, 9.17) is 5.73 Å². The van der Waals surface area contributed by atoms with Crippen LogP contribution >= 0.6 is 0 Å². The molecule has 2 atom stereocenters. The smallest absolute Gasteiger partial charge is 0.270 e. The summed E-state index contributed by atoms with van der Waals surface area (Å²) in [6, 6.07) is 3.53. The fraction of sp³-hybridized carbons (Fsp3) is 0.471. The molecule has 1 fully saturated rings. The van der Waals surface area contributed by atoms with E-state index in [1.54, 1.807) is 17.2 Å². The van der Waals surface area contributed by atoms with Gasteiger partial charge in [0, 0.05) is 31.0 Å². The number of aromatic nitrogens is 2. The van der Waals surface area contributed by atoms with Gasteiger partial charge in [0.15, 0.2) is 0 Å². The standard InChI is InChI=1S/C17H22N4O2/c1-11-6-7-15-19-9-13(17(23)21(15)10-11)16(22)20-8-4-3-5-14(20)12(2)18/h6-7,9-10,12,14H,3-5,8,18H2,1-2H3. The van der Waals surface area contributed by atoms with Crippen LogP contribution in [0.5, 0.6) is 0 Å². The van der Waals surface area contributed by atoms with Crippen molar-refractivity contribution in [3.8, 4) is 0 Å². The predicted molar refractivity (Wildman–Crippen MR) is 88.5 cm³/mol. The Bertz CT molecular complexity index is 797. The van der Waals surface area contributed by atoms with Gasteiger partial charge >= 0.3 is 0 Å². The molecule has 0 bridgehead atoms. The van der Waals surface area contributed by atoms with Crippen molar-refractivity contribution in [3.05, 3.63) is 46.0 Å². The highest BCUT2D eigenvalue weighted by Gasteiger charge is 2.31. The molecule has 2 N–H and O–H groups in total. The number of nitrogens with two attached hydrogens (primary N) is 1. The summed E-state index contributed by atoms with van der Waals surface area (Å²) in [7, 11) is 0. The van der Waals surface area contributed by atoms with Crippen molar-refractivity contribution in [1.82, 2.24) is 14.3 Å². The number of hydrogen-bond acceptors (Lipinski definition) is 4. The summed E-state index contributed by atoms with van der Waals surface area (Å²) in [5.41, 5.74) is 7.30. The van der Waals surface area contributed by atoms with Gasteiger partial charge in [0.05, 0.1) is 0 Å². The minimum Gasteiger partial charge on any atom is -0.334 e. The van der Waals surface area contributed by atoms with Crippen LogP contribution in [-0.4, -0.2) is 38.8 Å². The molecule has 6 nitrogen and oxygen atoms in total. The second-order valence-corrected chi connectivity index (χ2v) is 6.33. The van der Waals surface area contributed by atoms with Crippen molar-refractivity contribution in [1.29, 1.82) is 0 Å². The molecule has 6 heteroatoms. The van der Waals surface area contributed by atoms with E-state index in [0.29, 0.717) is 12.2 Å². The number of carbonyl (C=O) groups is 1. The van der Waals surface area contributed by atoms with Crippen molar-refractivity contribution in [2.45, 2.75) is 45.2 Å². The van der Waals surface area contributed by atoms with Crippen molar-refractivity contribution < 1.29 is 4.79 Å². The summed E-state index contributed by atoms with van der Waals surface area (Å²) in [5.74, 6) is -0.264. The lowest BCUT2D eigenvalue weighted by atomic mass is 9.96. The van der Waals surface area contributed by atoms with Crippen LogP contribution in [0, 0.1) is 6.92 Å². The summed E-state index contributed by atoms with van der Waals surface area (Å²) in [5, 5.41) is 0. The van der Waals surface area contributed by atoms with Crippen molar-refractivity contribution in [2.24, 2.45) is 5.73 Å². The van der Waals surface area contributed by atoms with E-state index in [9.17, 15) is 9.59 Å². The number of rotatable bonds is 2. The largest absolute Gasteiger partial charge is 0.334 e. The Labute approximate surface area is 134 Å². The summed E-state index contributed by atoms with van der Waals surface area (Å²) < 4.78 is 1.44. The number of pyridine rings is 1. The maximum absolute atomic E-state index is 12.9. The highest BCUT2D eigenvalue weighted by molar-refractivity contribution is 5.94. The molecule has 0 radical (unpaired) electrons. The minimum absolute atomic E-state index is 0.0196. The third-order valence-electron chi connectivity index (χ3n) is 4.50. The fourth-order valence-corrected chi connectivity index (χ4v) is 3.24. The van der Waals surface area contributed by atoms with Crippen LogP contribution < -0.4 is 11.3 Å². The number of carbonyl (C=O) groups excluding carboxylic acids is 1. The van der Waals surface area contributed by atoms with Gasteiger partial charge in [-0.15, -0.1) is 0 Å². The van der Waals surface area contributed by atoms with Gasteiger partial charge in [-0.3, -0.25) is 14.0 Å². The Kier molecular flexibility index (Phi) is 4.17. The lowest BCUT2D eigenvalue weighted by molar-refractivity contribution is 0.0581. The Morgan fingerprint density at radius 3 is 2.91 bits per heavy atom. The Morgan fingerprint density at radius 2 is 2.17 bits per heavy atom. The number of hydrogen-bond donors (Lipinski definition) is 1. The third kappa shape index (κ3) is 2.86. The van der Waals surface area contributed by atoms with E-state index < -0.39 is 0 Å². The van der Waals surface area contributed by atoms with Gasteiger partial charge in [-0.1, -0.05) is 6.07 Å². The lowest BCUT2D eigenvalue weighted by Gasteiger charge is -2.37. The zero-order valence-corrected chi connectivity index (χ0v) is 13.5. The number of likely N-dealkylation sites (tertiary alicyclic amines) is 1. The molecule has 23 heavy (non-hydrogen) atoms. The van der Waals surface area contributed by atoms with Gasteiger partial charge in [0.25, 0.3) is 11.5 Å². The quantitative estimate of drug-likeness (QED) is 0.907. The Hall–Kier alpha value is -2.21. The lowest BCUT2D eigenvalue weighted by Crippen LogP contribution is -2.52. The van der Waals surface area contributed by atoms with Gasteiger partial charge in [0.1, 0.15) is 11.2 Å². The van der Waals surface area contributed by atoms with Crippen LogP contribution in [0.1, 0.15) is 42.1 Å². The molecule has 0 aliphatic carbocycles. The van der Waals surface area contributed by atoms with Gasteiger partial charge < -0.3 is 10.6 Å². The average molecular weight is 314 g/mol. The van der Waals surface area contributed by atoms with Crippen LogP contribution in [0.2, 0.25) is 0 Å². The monoisotopic (exact) mass is 314 g/mol. The summed E-state index contributed by atoms with van der Waals surface area (Å²) in [6.07, 6.45) is 5.98. The van der Waals surface area contributed by atoms with E-state index >= 15 is 0 Å². The second kappa shape index (κ2) is 6.12. The maximum atomic E-state index is 12.9. The number of piperidine rings is 1. The van der Waals surface area contributed by atoms with Crippen LogP contribution in [-0.2, 0) is 0 Å². The maximum Gasteiger partial charge on any atom is 0.270 e. The van der Waals surface area contributed by atoms with Crippen molar-refractivity contribution in [3.63, 3.8) is 0 Å². The molecule has 1 aliphatic heterocycles. The first kappa shape index (κ1) is 15.7. The topological polar surface area (TPSA) is 80.7 Å². The third-order valence-corrected chi connectivity index (χ3v) is 4.50. The Morgan fingerprint density at radius 1 is 1.39 bits per heavy atom. The fourth-order valence-electron chi connectivity index (χ4n) is 3.24. The second-order valence-electron chi connectivity index (χ2n) is 6.33. The van der Waals surface area contributed by atoms with E-state index in [1.807, 2.05) is 19.9 Å². The molecule has 0 aromatic carbocycles. The number of nitrogens with zero attached hydrogens (tertiary/aromatic N) is 3. The van der Waals surface area contributed by atoms with Gasteiger partial charge in [0.2, 0.25) is 0 Å². The molecule has 2 aromatic heterocycles. The highest BCUT2D eigenvalue weighted by atomic mass is 16.2. The number of fused-ring (bicyclic) bond motifs is 1. The van der Waals surface area contributed by atoms with Crippen LogP contribution in [0.3, 0.4) is 0 Å². The first-order valence-electron chi connectivity index (χ1n) is 8.03. The van der Waals surface area contributed by atoms with Gasteiger partial charge in [-0.05, 0) is 44.7 Å². The van der Waals surface area contributed by atoms with Gasteiger partial charge in [-0.2, -0.15) is 0 Å². The minimum atomic E-state index is -0.322. The van der Waals surface area contributed by atoms with Crippen LogP contribution in [0.15, 0.2) is 29.3 Å². The SMILES string of the molecule is Cc1ccc2ncc(C(=O)N3CCCCC3C(C)N)c(=O)n2c1. The molecule has 3 heterocycles. The molecule has 3 rings (SSSR count). The highest BCUT2D eigenvalue weighted by Crippen LogP contribution is 2.20. The van der Waals surface area contributed by atoms with E-state index in [2.05, 4.69) is 4.98 Å². The average Bonchev–Trinajstić information content (AvgIpc) is 2.55. The normalized spacial score (nSPS) is 19.8. The van der Waals surface area contributed by atoms with E-state index in [-0.39, 0.29) is 29.1 Å². The molecule has 1 aliphatic rings. The van der Waals surface area contributed by atoms with Crippen LogP contribution in [0.25, 0.3) is 5.65 Å². The first-order chi connectivity index (χ1) is 11.0. The molecular weight excluding hydrogens is 292 g/mol.